The third-order valence-electron chi connectivity index (χ3n) is 3.10. The number of fused-ring (bicyclic) bond motifs is 1. The topological polar surface area (TPSA) is 18.5 Å². The summed E-state index contributed by atoms with van der Waals surface area (Å²) < 4.78 is 11.1. The second-order valence-corrected chi connectivity index (χ2v) is 4.64. The standard InChI is InChI=1S/C16H16O2/c1-12-3-2-4-13(9-12)10-14-5-6-15-16(11-14)18-8-7-17-15/h2-6,9,11H,7-8,10H2,1H3. The average molecular weight is 240 g/mol. The lowest BCUT2D eigenvalue weighted by molar-refractivity contribution is 0.171. The molecule has 1 aliphatic heterocycles. The van der Waals surface area contributed by atoms with Crippen LogP contribution < -0.4 is 9.47 Å². The summed E-state index contributed by atoms with van der Waals surface area (Å²) in [6.45, 7) is 3.40. The Labute approximate surface area is 107 Å². The highest BCUT2D eigenvalue weighted by Crippen LogP contribution is 2.31. The van der Waals surface area contributed by atoms with Gasteiger partial charge in [-0.05, 0) is 36.6 Å². The number of benzene rings is 2. The van der Waals surface area contributed by atoms with Crippen molar-refractivity contribution in [3.63, 3.8) is 0 Å². The van der Waals surface area contributed by atoms with E-state index < -0.39 is 0 Å². The zero-order chi connectivity index (χ0) is 12.4. The van der Waals surface area contributed by atoms with Gasteiger partial charge in [0.2, 0.25) is 0 Å². The molecular weight excluding hydrogens is 224 g/mol. The fraction of sp³-hybridized carbons (Fsp3) is 0.250. The van der Waals surface area contributed by atoms with Gasteiger partial charge < -0.3 is 9.47 Å². The maximum atomic E-state index is 5.60. The molecule has 0 radical (unpaired) electrons. The Balaban J connectivity index is 1.85. The molecule has 0 bridgehead atoms. The van der Waals surface area contributed by atoms with Crippen LogP contribution in [0.4, 0.5) is 0 Å². The van der Waals surface area contributed by atoms with Crippen molar-refractivity contribution in [3.8, 4) is 11.5 Å². The molecule has 0 spiro atoms. The highest BCUT2D eigenvalue weighted by Gasteiger charge is 2.11. The Kier molecular flexibility index (Phi) is 2.93. The van der Waals surface area contributed by atoms with Crippen LogP contribution in [0.2, 0.25) is 0 Å². The van der Waals surface area contributed by atoms with E-state index in [4.69, 9.17) is 9.47 Å². The summed E-state index contributed by atoms with van der Waals surface area (Å²) >= 11 is 0. The van der Waals surface area contributed by atoms with Crippen LogP contribution in [-0.2, 0) is 6.42 Å². The second kappa shape index (κ2) is 4.73. The Morgan fingerprint density at radius 1 is 0.889 bits per heavy atom. The summed E-state index contributed by atoms with van der Waals surface area (Å²) in [5, 5.41) is 0. The maximum absolute atomic E-state index is 5.60. The van der Waals surface area contributed by atoms with E-state index in [1.165, 1.54) is 16.7 Å². The normalized spacial score (nSPS) is 13.4. The van der Waals surface area contributed by atoms with Crippen molar-refractivity contribution < 1.29 is 9.47 Å². The predicted molar refractivity (Wildman–Crippen MR) is 71.4 cm³/mol. The first-order valence-corrected chi connectivity index (χ1v) is 6.25. The van der Waals surface area contributed by atoms with Crippen LogP contribution in [0.15, 0.2) is 42.5 Å². The summed E-state index contributed by atoms with van der Waals surface area (Å²) in [4.78, 5) is 0. The average Bonchev–Trinajstić information content (AvgIpc) is 2.39. The molecular formula is C16H16O2. The van der Waals surface area contributed by atoms with Crippen molar-refractivity contribution in [1.29, 1.82) is 0 Å². The molecule has 3 rings (SSSR count). The van der Waals surface area contributed by atoms with Gasteiger partial charge in [0.05, 0.1) is 0 Å². The molecule has 1 heterocycles. The Bertz CT molecular complexity index is 561. The molecule has 0 aliphatic carbocycles. The van der Waals surface area contributed by atoms with Gasteiger partial charge in [-0.2, -0.15) is 0 Å². The smallest absolute Gasteiger partial charge is 0.161 e. The maximum Gasteiger partial charge on any atom is 0.161 e. The largest absolute Gasteiger partial charge is 0.486 e. The van der Waals surface area contributed by atoms with Crippen molar-refractivity contribution in [3.05, 3.63) is 59.2 Å². The van der Waals surface area contributed by atoms with Gasteiger partial charge in [0, 0.05) is 0 Å². The fourth-order valence-electron chi connectivity index (χ4n) is 2.26. The van der Waals surface area contributed by atoms with E-state index in [0.29, 0.717) is 13.2 Å². The third kappa shape index (κ3) is 2.33. The summed E-state index contributed by atoms with van der Waals surface area (Å²) in [5.41, 5.74) is 3.88. The quantitative estimate of drug-likeness (QED) is 0.801. The monoisotopic (exact) mass is 240 g/mol. The van der Waals surface area contributed by atoms with Crippen molar-refractivity contribution in [1.82, 2.24) is 0 Å². The first-order valence-electron chi connectivity index (χ1n) is 6.25. The van der Waals surface area contributed by atoms with E-state index in [1.54, 1.807) is 0 Å². The van der Waals surface area contributed by atoms with Gasteiger partial charge in [-0.3, -0.25) is 0 Å². The molecule has 0 unspecified atom stereocenters. The third-order valence-corrected chi connectivity index (χ3v) is 3.10. The van der Waals surface area contributed by atoms with Crippen LogP contribution in [0.25, 0.3) is 0 Å². The minimum Gasteiger partial charge on any atom is -0.486 e. The summed E-state index contributed by atoms with van der Waals surface area (Å²) in [5.74, 6) is 1.72. The van der Waals surface area contributed by atoms with E-state index in [9.17, 15) is 0 Å². The number of ether oxygens (including phenoxy) is 2. The lowest BCUT2D eigenvalue weighted by atomic mass is 10.0. The van der Waals surface area contributed by atoms with Gasteiger partial charge in [-0.25, -0.2) is 0 Å². The van der Waals surface area contributed by atoms with Crippen LogP contribution in [0.1, 0.15) is 16.7 Å². The van der Waals surface area contributed by atoms with E-state index in [2.05, 4.69) is 43.3 Å². The van der Waals surface area contributed by atoms with Crippen molar-refractivity contribution in [2.75, 3.05) is 13.2 Å². The van der Waals surface area contributed by atoms with Crippen LogP contribution in [0.3, 0.4) is 0 Å². The minimum atomic E-state index is 0.640. The SMILES string of the molecule is Cc1cccc(Cc2ccc3c(c2)OCCO3)c1. The molecule has 2 nitrogen and oxygen atoms in total. The predicted octanol–water partition coefficient (Wildman–Crippen LogP) is 3.36. The number of hydrogen-bond acceptors (Lipinski definition) is 2. The first-order chi connectivity index (χ1) is 8.81. The molecule has 0 saturated carbocycles. The summed E-state index contributed by atoms with van der Waals surface area (Å²) in [6, 6.07) is 14.8. The zero-order valence-corrected chi connectivity index (χ0v) is 10.5. The number of aryl methyl sites for hydroxylation is 1. The molecule has 18 heavy (non-hydrogen) atoms. The molecule has 2 aromatic rings. The molecule has 0 saturated heterocycles. The Hall–Kier alpha value is -1.96. The van der Waals surface area contributed by atoms with Gasteiger partial charge in [0.25, 0.3) is 0 Å². The molecule has 2 heteroatoms. The van der Waals surface area contributed by atoms with Crippen LogP contribution >= 0.6 is 0 Å². The van der Waals surface area contributed by atoms with Crippen molar-refractivity contribution in [2.45, 2.75) is 13.3 Å². The Morgan fingerprint density at radius 3 is 2.50 bits per heavy atom. The van der Waals surface area contributed by atoms with Gasteiger partial charge in [-0.1, -0.05) is 35.9 Å². The molecule has 0 fully saturated rings. The summed E-state index contributed by atoms with van der Waals surface area (Å²) in [7, 11) is 0. The van der Waals surface area contributed by atoms with Crippen LogP contribution in [-0.4, -0.2) is 13.2 Å². The van der Waals surface area contributed by atoms with Crippen LogP contribution in [0, 0.1) is 6.92 Å². The minimum absolute atomic E-state index is 0.640. The molecule has 0 aromatic heterocycles. The van der Waals surface area contributed by atoms with E-state index >= 15 is 0 Å². The number of hydrogen-bond donors (Lipinski definition) is 0. The van der Waals surface area contributed by atoms with E-state index in [1.807, 2.05) is 6.07 Å². The van der Waals surface area contributed by atoms with Crippen LogP contribution in [0.5, 0.6) is 11.5 Å². The number of rotatable bonds is 2. The highest BCUT2D eigenvalue weighted by molar-refractivity contribution is 5.45. The molecule has 0 N–H and O–H groups in total. The van der Waals surface area contributed by atoms with Gasteiger partial charge in [0.1, 0.15) is 13.2 Å². The lowest BCUT2D eigenvalue weighted by Gasteiger charge is -2.18. The van der Waals surface area contributed by atoms with Gasteiger partial charge >= 0.3 is 0 Å². The first kappa shape index (κ1) is 11.1. The zero-order valence-electron chi connectivity index (χ0n) is 10.5. The lowest BCUT2D eigenvalue weighted by Crippen LogP contribution is -2.15. The Morgan fingerprint density at radius 2 is 1.67 bits per heavy atom. The second-order valence-electron chi connectivity index (χ2n) is 4.64. The van der Waals surface area contributed by atoms with Gasteiger partial charge in [0.15, 0.2) is 11.5 Å². The van der Waals surface area contributed by atoms with Crippen molar-refractivity contribution in [2.24, 2.45) is 0 Å². The molecule has 2 aromatic carbocycles. The van der Waals surface area contributed by atoms with Crippen molar-refractivity contribution >= 4 is 0 Å². The van der Waals surface area contributed by atoms with E-state index in [0.717, 1.165) is 17.9 Å². The molecule has 0 amide bonds. The van der Waals surface area contributed by atoms with Gasteiger partial charge in [-0.15, -0.1) is 0 Å². The highest BCUT2D eigenvalue weighted by atomic mass is 16.6. The fourth-order valence-corrected chi connectivity index (χ4v) is 2.26. The molecule has 0 atom stereocenters. The molecule has 92 valence electrons. The summed E-state index contributed by atoms with van der Waals surface area (Å²) in [6.07, 6.45) is 0.929. The van der Waals surface area contributed by atoms with E-state index in [-0.39, 0.29) is 0 Å². The molecule has 1 aliphatic rings.